The molecule has 0 saturated heterocycles. The van der Waals surface area contributed by atoms with E-state index in [4.69, 9.17) is 9.47 Å². The molecule has 78 valence electrons. The number of hydrogen-bond donors (Lipinski definition) is 1. The summed E-state index contributed by atoms with van der Waals surface area (Å²) in [4.78, 5) is 10.9. The maximum Gasteiger partial charge on any atom is 0.319 e. The lowest BCUT2D eigenvalue weighted by Gasteiger charge is -2.12. The molecule has 0 spiro atoms. The molecular weight excluding hydrogens is 170 g/mol. The first-order valence-electron chi connectivity index (χ1n) is 4.67. The third-order valence-electron chi connectivity index (χ3n) is 1.47. The van der Waals surface area contributed by atoms with Crippen LogP contribution in [-0.4, -0.2) is 38.4 Å². The second-order valence-corrected chi connectivity index (χ2v) is 2.75. The van der Waals surface area contributed by atoms with E-state index in [1.165, 1.54) is 0 Å². The van der Waals surface area contributed by atoms with E-state index in [1.54, 1.807) is 6.92 Å². The van der Waals surface area contributed by atoms with Gasteiger partial charge in [-0.2, -0.15) is 0 Å². The lowest BCUT2D eigenvalue weighted by Crippen LogP contribution is -2.35. The summed E-state index contributed by atoms with van der Waals surface area (Å²) in [5.74, 6) is -0.217. The molecule has 0 rings (SSSR count). The van der Waals surface area contributed by atoms with Crippen molar-refractivity contribution in [3.05, 3.63) is 0 Å². The van der Waals surface area contributed by atoms with Gasteiger partial charge in [-0.1, -0.05) is 0 Å². The van der Waals surface area contributed by atoms with Crippen LogP contribution in [0.25, 0.3) is 0 Å². The molecule has 4 nitrogen and oxygen atoms in total. The highest BCUT2D eigenvalue weighted by Gasteiger charge is 2.05. The Morgan fingerprint density at radius 2 is 2.08 bits per heavy atom. The molecule has 0 aliphatic carbocycles. The van der Waals surface area contributed by atoms with Crippen molar-refractivity contribution in [2.45, 2.75) is 26.8 Å². The summed E-state index contributed by atoms with van der Waals surface area (Å²) in [7, 11) is 0. The zero-order valence-electron chi connectivity index (χ0n) is 8.63. The first-order valence-corrected chi connectivity index (χ1v) is 4.67. The summed E-state index contributed by atoms with van der Waals surface area (Å²) in [5, 5.41) is 3.00. The fourth-order valence-corrected chi connectivity index (χ4v) is 0.823. The van der Waals surface area contributed by atoms with Gasteiger partial charge in [-0.25, -0.2) is 0 Å². The van der Waals surface area contributed by atoms with Crippen molar-refractivity contribution in [3.63, 3.8) is 0 Å². The van der Waals surface area contributed by atoms with E-state index in [9.17, 15) is 4.79 Å². The van der Waals surface area contributed by atoms with Gasteiger partial charge in [0, 0.05) is 12.6 Å². The van der Waals surface area contributed by atoms with Gasteiger partial charge in [0.2, 0.25) is 0 Å². The average Bonchev–Trinajstić information content (AvgIpc) is 2.12. The number of hydrogen-bond acceptors (Lipinski definition) is 4. The number of ether oxygens (including phenoxy) is 2. The molecule has 0 aromatic carbocycles. The SMILES string of the molecule is CCOCC(C)NCC(=O)OCC. The summed E-state index contributed by atoms with van der Waals surface area (Å²) < 4.78 is 9.93. The van der Waals surface area contributed by atoms with E-state index in [0.29, 0.717) is 19.8 Å². The molecule has 1 unspecified atom stereocenters. The van der Waals surface area contributed by atoms with E-state index in [1.807, 2.05) is 13.8 Å². The molecule has 13 heavy (non-hydrogen) atoms. The van der Waals surface area contributed by atoms with Crippen LogP contribution in [-0.2, 0) is 14.3 Å². The van der Waals surface area contributed by atoms with Crippen LogP contribution in [0.15, 0.2) is 0 Å². The zero-order chi connectivity index (χ0) is 10.1. The van der Waals surface area contributed by atoms with Gasteiger partial charge in [-0.3, -0.25) is 4.79 Å². The standard InChI is InChI=1S/C9H19NO3/c1-4-12-7-8(3)10-6-9(11)13-5-2/h8,10H,4-7H2,1-3H3. The first-order chi connectivity index (χ1) is 6.20. The molecule has 0 radical (unpaired) electrons. The van der Waals surface area contributed by atoms with Crippen LogP contribution < -0.4 is 5.32 Å². The van der Waals surface area contributed by atoms with Gasteiger partial charge in [0.05, 0.1) is 19.8 Å². The molecule has 0 bridgehead atoms. The van der Waals surface area contributed by atoms with Crippen molar-refractivity contribution in [1.29, 1.82) is 0 Å². The Balaban J connectivity index is 3.34. The van der Waals surface area contributed by atoms with Crippen LogP contribution >= 0.6 is 0 Å². The van der Waals surface area contributed by atoms with Crippen LogP contribution in [0.4, 0.5) is 0 Å². The van der Waals surface area contributed by atoms with E-state index in [2.05, 4.69) is 5.32 Å². The Kier molecular flexibility index (Phi) is 7.63. The van der Waals surface area contributed by atoms with Crippen LogP contribution in [0.3, 0.4) is 0 Å². The Bertz CT molecular complexity index is 139. The van der Waals surface area contributed by atoms with Crippen LogP contribution in [0, 0.1) is 0 Å². The number of nitrogens with one attached hydrogen (secondary N) is 1. The molecular formula is C9H19NO3. The third kappa shape index (κ3) is 7.74. The predicted octanol–water partition coefficient (Wildman–Crippen LogP) is 0.564. The number of rotatable bonds is 7. The fourth-order valence-electron chi connectivity index (χ4n) is 0.823. The fraction of sp³-hybridized carbons (Fsp3) is 0.889. The number of esters is 1. The van der Waals surface area contributed by atoms with E-state index < -0.39 is 0 Å². The Morgan fingerprint density at radius 3 is 2.62 bits per heavy atom. The molecule has 0 aromatic heterocycles. The summed E-state index contributed by atoms with van der Waals surface area (Å²) in [6, 6.07) is 0.185. The molecule has 0 fully saturated rings. The quantitative estimate of drug-likeness (QED) is 0.595. The maximum absolute atomic E-state index is 10.9. The summed E-state index contributed by atoms with van der Waals surface area (Å²) in [5.41, 5.74) is 0. The van der Waals surface area contributed by atoms with Gasteiger partial charge in [-0.15, -0.1) is 0 Å². The summed E-state index contributed by atoms with van der Waals surface area (Å²) in [6.45, 7) is 7.71. The highest BCUT2D eigenvalue weighted by atomic mass is 16.5. The minimum atomic E-state index is -0.217. The highest BCUT2D eigenvalue weighted by molar-refractivity contribution is 5.71. The van der Waals surface area contributed by atoms with Crippen molar-refractivity contribution in [3.8, 4) is 0 Å². The molecule has 0 aliphatic heterocycles. The topological polar surface area (TPSA) is 47.6 Å². The smallest absolute Gasteiger partial charge is 0.319 e. The summed E-state index contributed by atoms with van der Waals surface area (Å²) >= 11 is 0. The average molecular weight is 189 g/mol. The maximum atomic E-state index is 10.9. The van der Waals surface area contributed by atoms with E-state index in [0.717, 1.165) is 0 Å². The van der Waals surface area contributed by atoms with Gasteiger partial charge in [0.1, 0.15) is 0 Å². The van der Waals surface area contributed by atoms with Crippen LogP contribution in [0.2, 0.25) is 0 Å². The monoisotopic (exact) mass is 189 g/mol. The third-order valence-corrected chi connectivity index (χ3v) is 1.47. The zero-order valence-corrected chi connectivity index (χ0v) is 8.63. The minimum absolute atomic E-state index is 0.185. The molecule has 4 heteroatoms. The van der Waals surface area contributed by atoms with Crippen LogP contribution in [0.5, 0.6) is 0 Å². The van der Waals surface area contributed by atoms with Gasteiger partial charge >= 0.3 is 5.97 Å². The molecule has 0 saturated carbocycles. The van der Waals surface area contributed by atoms with Gasteiger partial charge in [0.25, 0.3) is 0 Å². The first kappa shape index (κ1) is 12.4. The second-order valence-electron chi connectivity index (χ2n) is 2.75. The molecule has 1 N–H and O–H groups in total. The lowest BCUT2D eigenvalue weighted by atomic mass is 10.3. The summed E-state index contributed by atoms with van der Waals surface area (Å²) in [6.07, 6.45) is 0. The Hall–Kier alpha value is -0.610. The highest BCUT2D eigenvalue weighted by Crippen LogP contribution is 1.84. The lowest BCUT2D eigenvalue weighted by molar-refractivity contribution is -0.142. The largest absolute Gasteiger partial charge is 0.465 e. The van der Waals surface area contributed by atoms with Crippen molar-refractivity contribution < 1.29 is 14.3 Å². The Labute approximate surface area is 79.6 Å². The van der Waals surface area contributed by atoms with E-state index >= 15 is 0 Å². The predicted molar refractivity (Wildman–Crippen MR) is 50.6 cm³/mol. The molecule has 0 heterocycles. The van der Waals surface area contributed by atoms with Gasteiger partial charge < -0.3 is 14.8 Å². The Morgan fingerprint density at radius 1 is 1.38 bits per heavy atom. The van der Waals surface area contributed by atoms with E-state index in [-0.39, 0.29) is 18.6 Å². The van der Waals surface area contributed by atoms with Crippen molar-refractivity contribution in [2.24, 2.45) is 0 Å². The molecule has 0 amide bonds. The van der Waals surface area contributed by atoms with Gasteiger partial charge in [-0.05, 0) is 20.8 Å². The van der Waals surface area contributed by atoms with Crippen molar-refractivity contribution in [1.82, 2.24) is 5.32 Å². The van der Waals surface area contributed by atoms with Crippen molar-refractivity contribution in [2.75, 3.05) is 26.4 Å². The number of carbonyl (C=O) groups excluding carboxylic acids is 1. The molecule has 0 aromatic rings. The second kappa shape index (κ2) is 8.01. The van der Waals surface area contributed by atoms with Gasteiger partial charge in [0.15, 0.2) is 0 Å². The molecule has 1 atom stereocenters. The van der Waals surface area contributed by atoms with Crippen molar-refractivity contribution >= 4 is 5.97 Å². The normalized spacial score (nSPS) is 12.5. The van der Waals surface area contributed by atoms with Crippen LogP contribution in [0.1, 0.15) is 20.8 Å². The number of carbonyl (C=O) groups is 1. The minimum Gasteiger partial charge on any atom is -0.465 e. The molecule has 0 aliphatic rings.